The van der Waals surface area contributed by atoms with Crippen molar-refractivity contribution in [2.24, 2.45) is 0 Å². The molecule has 2 N–H and O–H groups in total. The number of hydrogen-bond acceptors (Lipinski definition) is 4. The maximum atomic E-state index is 12.8. The molecule has 0 fully saturated rings. The first-order chi connectivity index (χ1) is 14.0. The largest absolute Gasteiger partial charge is 0.435 e. The Labute approximate surface area is 170 Å². The minimum Gasteiger partial charge on any atom is -0.435 e. The molecule has 150 valence electrons. The maximum Gasteiger partial charge on any atom is 0.387 e. The van der Waals surface area contributed by atoms with E-state index in [0.717, 1.165) is 5.56 Å². The second kappa shape index (κ2) is 9.79. The van der Waals surface area contributed by atoms with E-state index < -0.39 is 18.6 Å². The molecule has 0 bridgehead atoms. The van der Waals surface area contributed by atoms with Crippen LogP contribution in [-0.4, -0.2) is 24.5 Å². The van der Waals surface area contributed by atoms with Crippen LogP contribution in [0, 0.1) is 0 Å². The monoisotopic (exact) mass is 416 g/mol. The molecule has 29 heavy (non-hydrogen) atoms. The Morgan fingerprint density at radius 1 is 0.966 bits per heavy atom. The molecule has 0 unspecified atom stereocenters. The summed E-state index contributed by atoms with van der Waals surface area (Å²) >= 11 is 1.28. The number of ether oxygens (including phenoxy) is 1. The molecule has 0 aliphatic carbocycles. The van der Waals surface area contributed by atoms with Crippen LogP contribution in [-0.2, 0) is 11.2 Å². The predicted molar refractivity (Wildman–Crippen MR) is 107 cm³/mol. The van der Waals surface area contributed by atoms with E-state index in [1.54, 1.807) is 17.5 Å². The van der Waals surface area contributed by atoms with Crippen molar-refractivity contribution < 1.29 is 23.1 Å². The minimum absolute atomic E-state index is 0.00941. The fraction of sp³-hybridized carbons (Fsp3) is 0.143. The van der Waals surface area contributed by atoms with Crippen LogP contribution in [0.25, 0.3) is 0 Å². The van der Waals surface area contributed by atoms with Crippen molar-refractivity contribution in [2.75, 3.05) is 5.32 Å². The topological polar surface area (TPSA) is 67.4 Å². The van der Waals surface area contributed by atoms with E-state index in [9.17, 15) is 18.4 Å². The van der Waals surface area contributed by atoms with E-state index in [1.807, 2.05) is 30.3 Å². The summed E-state index contributed by atoms with van der Waals surface area (Å²) in [6.45, 7) is -2.92. The second-order valence-electron chi connectivity index (χ2n) is 6.09. The van der Waals surface area contributed by atoms with Gasteiger partial charge in [-0.1, -0.05) is 36.4 Å². The van der Waals surface area contributed by atoms with Crippen molar-refractivity contribution in [3.05, 3.63) is 82.6 Å². The van der Waals surface area contributed by atoms with Crippen LogP contribution in [0.2, 0.25) is 0 Å². The summed E-state index contributed by atoms with van der Waals surface area (Å²) in [5.41, 5.74) is 1.29. The van der Waals surface area contributed by atoms with Gasteiger partial charge < -0.3 is 15.4 Å². The SMILES string of the molecule is O=C(N[C@@H](Cc1ccccc1)C(=O)Nc1ccc(OC(F)F)cc1)c1cccs1. The van der Waals surface area contributed by atoms with Crippen molar-refractivity contribution in [3.63, 3.8) is 0 Å². The smallest absolute Gasteiger partial charge is 0.387 e. The summed E-state index contributed by atoms with van der Waals surface area (Å²) in [7, 11) is 0. The number of carbonyl (C=O) groups is 2. The molecule has 2 amide bonds. The Morgan fingerprint density at radius 3 is 2.31 bits per heavy atom. The van der Waals surface area contributed by atoms with Crippen LogP contribution < -0.4 is 15.4 Å². The van der Waals surface area contributed by atoms with Gasteiger partial charge >= 0.3 is 6.61 Å². The fourth-order valence-corrected chi connectivity index (χ4v) is 3.27. The number of alkyl halides is 2. The molecule has 1 atom stereocenters. The number of thiophene rings is 1. The third-order valence-corrected chi connectivity index (χ3v) is 4.87. The number of amides is 2. The number of benzene rings is 2. The maximum absolute atomic E-state index is 12.8. The molecule has 5 nitrogen and oxygen atoms in total. The summed E-state index contributed by atoms with van der Waals surface area (Å²) < 4.78 is 28.8. The average Bonchev–Trinajstić information content (AvgIpc) is 3.24. The van der Waals surface area contributed by atoms with Gasteiger partial charge in [-0.3, -0.25) is 9.59 Å². The van der Waals surface area contributed by atoms with Crippen LogP contribution in [0.4, 0.5) is 14.5 Å². The fourth-order valence-electron chi connectivity index (χ4n) is 2.65. The first kappa shape index (κ1) is 20.5. The van der Waals surface area contributed by atoms with Crippen LogP contribution >= 0.6 is 11.3 Å². The van der Waals surface area contributed by atoms with E-state index in [1.165, 1.54) is 35.6 Å². The zero-order chi connectivity index (χ0) is 20.6. The Bertz CT molecular complexity index is 932. The zero-order valence-electron chi connectivity index (χ0n) is 15.2. The van der Waals surface area contributed by atoms with Gasteiger partial charge in [0.05, 0.1) is 4.88 Å². The molecule has 8 heteroatoms. The second-order valence-corrected chi connectivity index (χ2v) is 7.03. The third kappa shape index (κ3) is 6.11. The van der Waals surface area contributed by atoms with Crippen molar-refractivity contribution in [2.45, 2.75) is 19.1 Å². The van der Waals surface area contributed by atoms with Crippen LogP contribution in [0.1, 0.15) is 15.2 Å². The molecule has 0 aliphatic rings. The zero-order valence-corrected chi connectivity index (χ0v) is 16.0. The number of nitrogens with one attached hydrogen (secondary N) is 2. The van der Waals surface area contributed by atoms with E-state index in [4.69, 9.17) is 0 Å². The molecule has 0 saturated heterocycles. The first-order valence-electron chi connectivity index (χ1n) is 8.75. The van der Waals surface area contributed by atoms with Crippen LogP contribution in [0.3, 0.4) is 0 Å². The molecule has 0 radical (unpaired) electrons. The number of hydrogen-bond donors (Lipinski definition) is 2. The Morgan fingerprint density at radius 2 is 1.69 bits per heavy atom. The molecule has 0 spiro atoms. The highest BCUT2D eigenvalue weighted by molar-refractivity contribution is 7.12. The summed E-state index contributed by atoms with van der Waals surface area (Å²) in [6, 6.07) is 17.5. The normalized spacial score (nSPS) is 11.7. The number of rotatable bonds is 8. The van der Waals surface area contributed by atoms with Crippen molar-refractivity contribution in [1.29, 1.82) is 0 Å². The molecular formula is C21H18F2N2O3S. The van der Waals surface area contributed by atoms with Gasteiger partial charge in [0.25, 0.3) is 5.91 Å². The number of halogens is 2. The lowest BCUT2D eigenvalue weighted by Gasteiger charge is -2.18. The number of carbonyl (C=O) groups excluding carboxylic acids is 2. The van der Waals surface area contributed by atoms with Gasteiger partial charge in [0.1, 0.15) is 11.8 Å². The van der Waals surface area contributed by atoms with E-state index >= 15 is 0 Å². The first-order valence-corrected chi connectivity index (χ1v) is 9.63. The molecule has 1 heterocycles. The van der Waals surface area contributed by atoms with Gasteiger partial charge in [-0.15, -0.1) is 11.3 Å². The Hall–Kier alpha value is -3.26. The van der Waals surface area contributed by atoms with Crippen molar-refractivity contribution >= 4 is 28.8 Å². The molecule has 3 aromatic rings. The Balaban J connectivity index is 1.71. The van der Waals surface area contributed by atoms with Gasteiger partial charge in [-0.05, 0) is 41.3 Å². The van der Waals surface area contributed by atoms with Gasteiger partial charge in [0.15, 0.2) is 0 Å². The molecule has 0 saturated carbocycles. The molecular weight excluding hydrogens is 398 g/mol. The molecule has 3 rings (SSSR count). The predicted octanol–water partition coefficient (Wildman–Crippen LogP) is 4.33. The van der Waals surface area contributed by atoms with E-state index in [2.05, 4.69) is 15.4 Å². The summed E-state index contributed by atoms with van der Waals surface area (Å²) in [5.74, 6) is -0.761. The van der Waals surface area contributed by atoms with Gasteiger partial charge in [-0.25, -0.2) is 0 Å². The highest BCUT2D eigenvalue weighted by Crippen LogP contribution is 2.18. The Kier molecular flexibility index (Phi) is 6.91. The van der Waals surface area contributed by atoms with Crippen LogP contribution in [0.15, 0.2) is 72.1 Å². The van der Waals surface area contributed by atoms with Gasteiger partial charge in [-0.2, -0.15) is 8.78 Å². The highest BCUT2D eigenvalue weighted by Gasteiger charge is 2.22. The van der Waals surface area contributed by atoms with Crippen molar-refractivity contribution in [1.82, 2.24) is 5.32 Å². The average molecular weight is 416 g/mol. The summed E-state index contributed by atoms with van der Waals surface area (Å²) in [5, 5.41) is 7.24. The van der Waals surface area contributed by atoms with Crippen LogP contribution in [0.5, 0.6) is 5.75 Å². The van der Waals surface area contributed by atoms with Crippen molar-refractivity contribution in [3.8, 4) is 5.75 Å². The van der Waals surface area contributed by atoms with Gasteiger partial charge in [0, 0.05) is 12.1 Å². The highest BCUT2D eigenvalue weighted by atomic mass is 32.1. The lowest BCUT2D eigenvalue weighted by molar-refractivity contribution is -0.118. The third-order valence-electron chi connectivity index (χ3n) is 4.00. The quantitative estimate of drug-likeness (QED) is 0.574. The molecule has 1 aromatic heterocycles. The van der Waals surface area contributed by atoms with E-state index in [0.29, 0.717) is 17.0 Å². The minimum atomic E-state index is -2.92. The van der Waals surface area contributed by atoms with E-state index in [-0.39, 0.29) is 11.7 Å². The number of anilines is 1. The lowest BCUT2D eigenvalue weighted by atomic mass is 10.0. The lowest BCUT2D eigenvalue weighted by Crippen LogP contribution is -2.45. The van der Waals surface area contributed by atoms with Gasteiger partial charge in [0.2, 0.25) is 5.91 Å². The standard InChI is InChI=1S/C21H18F2N2O3S/c22-21(23)28-16-10-8-15(9-11-16)24-19(26)17(13-14-5-2-1-3-6-14)25-20(27)18-7-4-12-29-18/h1-12,17,21H,13H2,(H,24,26)(H,25,27)/t17-/m0/s1. The molecule has 0 aliphatic heterocycles. The summed E-state index contributed by atoms with van der Waals surface area (Å²) in [6.07, 6.45) is 0.302. The summed E-state index contributed by atoms with van der Waals surface area (Å²) in [4.78, 5) is 25.8. The molecule has 2 aromatic carbocycles.